The molecule has 2 aliphatic rings. The third kappa shape index (κ3) is 7.10. The van der Waals surface area contributed by atoms with Crippen LogP contribution in [0.4, 0.5) is 11.6 Å². The summed E-state index contributed by atoms with van der Waals surface area (Å²) in [6, 6.07) is 12.1. The minimum atomic E-state index is -0.497. The van der Waals surface area contributed by atoms with E-state index in [1.165, 1.54) is 5.56 Å². The summed E-state index contributed by atoms with van der Waals surface area (Å²) < 4.78 is 11.0. The topological polar surface area (TPSA) is 89.1 Å². The molecule has 194 valence electrons. The van der Waals surface area contributed by atoms with Crippen LogP contribution < -0.4 is 10.2 Å². The number of ether oxygens (including phenoxy) is 2. The molecule has 1 N–H and O–H groups in total. The fourth-order valence-corrected chi connectivity index (χ4v) is 4.24. The van der Waals surface area contributed by atoms with E-state index in [-0.39, 0.29) is 18.8 Å². The summed E-state index contributed by atoms with van der Waals surface area (Å²) in [5.41, 5.74) is 0.695. The molecule has 4 rings (SSSR count). The highest BCUT2D eigenvalue weighted by Crippen LogP contribution is 2.25. The average Bonchev–Trinajstić information content (AvgIpc) is 3.40. The third-order valence-electron chi connectivity index (χ3n) is 6.42. The normalized spacial score (nSPS) is 17.5. The standard InChI is InChI=1S/C27H37N5O4/c1-27(2,3)26(33)36-32-12-10-21(11-13-32)16-31(4)25-15-24(28-18-29-25)30-22(23-17-34-19-35-23)14-20-8-6-5-7-9-20/h5-9,15,17-18,21-22H,10-14,16,19H2,1-4H3,(H,28,29,30). The summed E-state index contributed by atoms with van der Waals surface area (Å²) in [6.07, 6.45) is 5.91. The first kappa shape index (κ1) is 25.8. The zero-order valence-electron chi connectivity index (χ0n) is 21.6. The van der Waals surface area contributed by atoms with Crippen LogP contribution >= 0.6 is 0 Å². The van der Waals surface area contributed by atoms with Gasteiger partial charge in [0.05, 0.1) is 11.5 Å². The minimum absolute atomic E-state index is 0.108. The molecule has 1 saturated heterocycles. The predicted molar refractivity (Wildman–Crippen MR) is 138 cm³/mol. The Morgan fingerprint density at radius 2 is 1.97 bits per heavy atom. The first-order valence-electron chi connectivity index (χ1n) is 12.5. The molecular weight excluding hydrogens is 458 g/mol. The Balaban J connectivity index is 1.33. The van der Waals surface area contributed by atoms with E-state index in [2.05, 4.69) is 39.4 Å². The van der Waals surface area contributed by atoms with Crippen LogP contribution in [-0.4, -0.2) is 60.5 Å². The van der Waals surface area contributed by atoms with E-state index in [1.807, 2.05) is 45.0 Å². The number of hydroxylamine groups is 2. The highest BCUT2D eigenvalue weighted by atomic mass is 16.7. The maximum absolute atomic E-state index is 12.2. The molecule has 0 bridgehead atoms. The van der Waals surface area contributed by atoms with Crippen LogP contribution in [0.2, 0.25) is 0 Å². The number of aromatic nitrogens is 2. The number of piperidine rings is 1. The molecule has 0 radical (unpaired) electrons. The largest absolute Gasteiger partial charge is 0.462 e. The Morgan fingerprint density at radius 3 is 2.64 bits per heavy atom. The quantitative estimate of drug-likeness (QED) is 0.554. The molecule has 0 aliphatic carbocycles. The highest BCUT2D eigenvalue weighted by molar-refractivity contribution is 5.75. The van der Waals surface area contributed by atoms with Gasteiger partial charge in [0.25, 0.3) is 0 Å². The van der Waals surface area contributed by atoms with Gasteiger partial charge in [0.1, 0.15) is 24.2 Å². The highest BCUT2D eigenvalue weighted by Gasteiger charge is 2.29. The van der Waals surface area contributed by atoms with Gasteiger partial charge in [-0.2, -0.15) is 0 Å². The van der Waals surface area contributed by atoms with Gasteiger partial charge in [0.2, 0.25) is 6.79 Å². The second-order valence-corrected chi connectivity index (χ2v) is 10.5. The number of anilines is 2. The molecule has 1 fully saturated rings. The number of nitrogens with zero attached hydrogens (tertiary/aromatic N) is 4. The van der Waals surface area contributed by atoms with Gasteiger partial charge in [-0.3, -0.25) is 0 Å². The van der Waals surface area contributed by atoms with E-state index >= 15 is 0 Å². The van der Waals surface area contributed by atoms with Crippen molar-refractivity contribution in [2.24, 2.45) is 11.3 Å². The van der Waals surface area contributed by atoms with Crippen molar-refractivity contribution in [2.45, 2.75) is 46.1 Å². The van der Waals surface area contributed by atoms with Crippen LogP contribution in [0.3, 0.4) is 0 Å². The SMILES string of the molecule is CN(CC1CCN(OC(=O)C(C)(C)C)CC1)c1cc(NC(Cc2ccccc2)C2=COCO2)ncn1. The molecule has 3 heterocycles. The zero-order valence-corrected chi connectivity index (χ0v) is 21.6. The van der Waals surface area contributed by atoms with Gasteiger partial charge < -0.3 is 24.5 Å². The molecule has 9 nitrogen and oxygen atoms in total. The smallest absolute Gasteiger partial charge is 0.330 e. The lowest BCUT2D eigenvalue weighted by Gasteiger charge is -2.34. The lowest BCUT2D eigenvalue weighted by molar-refractivity contribution is -0.205. The van der Waals surface area contributed by atoms with Crippen LogP contribution in [0.15, 0.2) is 54.7 Å². The van der Waals surface area contributed by atoms with E-state index < -0.39 is 5.41 Å². The molecule has 1 aromatic heterocycles. The van der Waals surface area contributed by atoms with Crippen LogP contribution in [0.25, 0.3) is 0 Å². The van der Waals surface area contributed by atoms with Crippen molar-refractivity contribution >= 4 is 17.6 Å². The van der Waals surface area contributed by atoms with Crippen LogP contribution in [0, 0.1) is 11.3 Å². The molecule has 1 unspecified atom stereocenters. The molecule has 9 heteroatoms. The van der Waals surface area contributed by atoms with Crippen molar-refractivity contribution in [3.8, 4) is 0 Å². The van der Waals surface area contributed by atoms with E-state index in [9.17, 15) is 4.79 Å². The van der Waals surface area contributed by atoms with Gasteiger partial charge in [-0.1, -0.05) is 30.3 Å². The monoisotopic (exact) mass is 495 g/mol. The van der Waals surface area contributed by atoms with Crippen molar-refractivity contribution in [3.05, 3.63) is 60.3 Å². The Morgan fingerprint density at radius 1 is 1.22 bits per heavy atom. The van der Waals surface area contributed by atoms with Crippen molar-refractivity contribution in [3.63, 3.8) is 0 Å². The Labute approximate surface area is 213 Å². The lowest BCUT2D eigenvalue weighted by Crippen LogP contribution is -2.41. The molecule has 0 spiro atoms. The maximum atomic E-state index is 12.2. The van der Waals surface area contributed by atoms with E-state index in [4.69, 9.17) is 14.3 Å². The van der Waals surface area contributed by atoms with Crippen LogP contribution in [0.1, 0.15) is 39.2 Å². The first-order valence-corrected chi connectivity index (χ1v) is 12.5. The average molecular weight is 496 g/mol. The summed E-state index contributed by atoms with van der Waals surface area (Å²) in [5, 5.41) is 5.30. The van der Waals surface area contributed by atoms with Crippen molar-refractivity contribution < 1.29 is 19.1 Å². The van der Waals surface area contributed by atoms with Gasteiger partial charge in [-0.05, 0) is 51.5 Å². The molecule has 2 aromatic rings. The summed E-state index contributed by atoms with van der Waals surface area (Å²) in [5.74, 6) is 2.64. The van der Waals surface area contributed by atoms with Gasteiger partial charge in [-0.25, -0.2) is 14.8 Å². The fraction of sp³-hybridized carbons (Fsp3) is 0.519. The van der Waals surface area contributed by atoms with E-state index in [1.54, 1.807) is 17.7 Å². The Hall–Kier alpha value is -3.33. The van der Waals surface area contributed by atoms with Crippen LogP contribution in [-0.2, 0) is 25.5 Å². The maximum Gasteiger partial charge on any atom is 0.330 e. The second kappa shape index (κ2) is 11.6. The number of hydrogen-bond donors (Lipinski definition) is 1. The van der Waals surface area contributed by atoms with Crippen molar-refractivity contribution in [2.75, 3.05) is 43.7 Å². The number of nitrogens with one attached hydrogen (secondary N) is 1. The van der Waals surface area contributed by atoms with E-state index in [0.717, 1.165) is 56.3 Å². The van der Waals surface area contributed by atoms with Crippen molar-refractivity contribution in [1.82, 2.24) is 15.0 Å². The second-order valence-electron chi connectivity index (χ2n) is 10.5. The van der Waals surface area contributed by atoms with Gasteiger partial charge >= 0.3 is 5.97 Å². The number of carbonyl (C=O) groups is 1. The molecule has 36 heavy (non-hydrogen) atoms. The first-order chi connectivity index (χ1) is 17.3. The summed E-state index contributed by atoms with van der Waals surface area (Å²) in [4.78, 5) is 28.8. The number of hydrogen-bond acceptors (Lipinski definition) is 9. The molecule has 1 atom stereocenters. The molecule has 2 aliphatic heterocycles. The molecule has 1 aromatic carbocycles. The summed E-state index contributed by atoms with van der Waals surface area (Å²) in [6.45, 7) is 8.21. The number of rotatable bonds is 9. The number of carbonyl (C=O) groups excluding carboxylic acids is 1. The molecular formula is C27H37N5O4. The Kier molecular flexibility index (Phi) is 8.30. The molecule has 0 amide bonds. The number of benzene rings is 1. The van der Waals surface area contributed by atoms with Crippen LogP contribution in [0.5, 0.6) is 0 Å². The minimum Gasteiger partial charge on any atom is -0.462 e. The fourth-order valence-electron chi connectivity index (χ4n) is 4.24. The van der Waals surface area contributed by atoms with Gasteiger partial charge in [0, 0.05) is 32.7 Å². The van der Waals surface area contributed by atoms with E-state index in [0.29, 0.717) is 5.92 Å². The Bertz CT molecular complexity index is 1030. The zero-order chi connectivity index (χ0) is 25.5. The molecule has 0 saturated carbocycles. The predicted octanol–water partition coefficient (Wildman–Crippen LogP) is 4.00. The summed E-state index contributed by atoms with van der Waals surface area (Å²) >= 11 is 0. The summed E-state index contributed by atoms with van der Waals surface area (Å²) in [7, 11) is 2.05. The van der Waals surface area contributed by atoms with Gasteiger partial charge in [0.15, 0.2) is 5.76 Å². The third-order valence-corrected chi connectivity index (χ3v) is 6.42. The van der Waals surface area contributed by atoms with Gasteiger partial charge in [-0.15, -0.1) is 5.06 Å². The van der Waals surface area contributed by atoms with Crippen molar-refractivity contribution in [1.29, 1.82) is 0 Å². The lowest BCUT2D eigenvalue weighted by atomic mass is 9.97.